The van der Waals surface area contributed by atoms with E-state index in [4.69, 9.17) is 0 Å². The van der Waals surface area contributed by atoms with Crippen LogP contribution >= 0.6 is 0 Å². The Morgan fingerprint density at radius 2 is 1.76 bits per heavy atom. The number of aryl methyl sites for hydroxylation is 1. The van der Waals surface area contributed by atoms with Gasteiger partial charge in [-0.2, -0.15) is 13.2 Å². The van der Waals surface area contributed by atoms with Crippen LogP contribution in [-0.4, -0.2) is 25.8 Å². The van der Waals surface area contributed by atoms with Crippen LogP contribution in [0.2, 0.25) is 0 Å². The highest BCUT2D eigenvalue weighted by atomic mass is 19.4. The van der Waals surface area contributed by atoms with Crippen LogP contribution in [0, 0.1) is 0 Å². The molecule has 6 nitrogen and oxygen atoms in total. The van der Waals surface area contributed by atoms with E-state index in [-0.39, 0.29) is 17.6 Å². The molecule has 1 aliphatic carbocycles. The molecule has 1 unspecified atom stereocenters. The SMILES string of the molecule is O=C(NC1CCc2ncccc21)c1cc(-c2ccc(C(F)(F)F)cc2)nc(-c2cccnc2)n1. The van der Waals surface area contributed by atoms with Crippen LogP contribution in [-0.2, 0) is 12.6 Å². The number of hydrogen-bond acceptors (Lipinski definition) is 5. The first-order chi connectivity index (χ1) is 16.4. The maximum Gasteiger partial charge on any atom is 0.416 e. The van der Waals surface area contributed by atoms with Crippen molar-refractivity contribution < 1.29 is 18.0 Å². The van der Waals surface area contributed by atoms with Gasteiger partial charge in [0.2, 0.25) is 0 Å². The van der Waals surface area contributed by atoms with Crippen LogP contribution in [0.4, 0.5) is 13.2 Å². The number of carbonyl (C=O) groups is 1. The van der Waals surface area contributed by atoms with Gasteiger partial charge in [-0.3, -0.25) is 14.8 Å². The van der Waals surface area contributed by atoms with Crippen LogP contribution in [0.15, 0.2) is 73.2 Å². The van der Waals surface area contributed by atoms with Crippen molar-refractivity contribution in [1.82, 2.24) is 25.3 Å². The molecule has 170 valence electrons. The van der Waals surface area contributed by atoms with Crippen LogP contribution in [0.5, 0.6) is 0 Å². The van der Waals surface area contributed by atoms with Crippen molar-refractivity contribution >= 4 is 5.91 Å². The van der Waals surface area contributed by atoms with Gasteiger partial charge in [-0.1, -0.05) is 18.2 Å². The predicted molar refractivity (Wildman–Crippen MR) is 118 cm³/mol. The molecule has 0 saturated carbocycles. The second kappa shape index (κ2) is 8.66. The average Bonchev–Trinajstić information content (AvgIpc) is 3.26. The molecule has 5 rings (SSSR count). The molecule has 9 heteroatoms. The van der Waals surface area contributed by atoms with E-state index in [1.54, 1.807) is 30.7 Å². The Morgan fingerprint density at radius 3 is 2.50 bits per heavy atom. The molecule has 1 aliphatic rings. The van der Waals surface area contributed by atoms with Gasteiger partial charge in [0.15, 0.2) is 5.82 Å². The fourth-order valence-electron chi connectivity index (χ4n) is 3.96. The molecule has 0 radical (unpaired) electrons. The van der Waals surface area contributed by atoms with Crippen molar-refractivity contribution in [2.75, 3.05) is 0 Å². The molecule has 34 heavy (non-hydrogen) atoms. The Balaban J connectivity index is 1.51. The minimum atomic E-state index is -4.44. The topological polar surface area (TPSA) is 80.7 Å². The zero-order valence-corrected chi connectivity index (χ0v) is 17.8. The lowest BCUT2D eigenvalue weighted by Gasteiger charge is -2.15. The van der Waals surface area contributed by atoms with Gasteiger partial charge in [-0.15, -0.1) is 0 Å². The van der Waals surface area contributed by atoms with Gasteiger partial charge >= 0.3 is 6.18 Å². The maximum atomic E-state index is 13.2. The second-order valence-electron chi connectivity index (χ2n) is 7.88. The van der Waals surface area contributed by atoms with Crippen LogP contribution in [0.25, 0.3) is 22.6 Å². The van der Waals surface area contributed by atoms with Crippen molar-refractivity contribution in [3.05, 3.63) is 95.7 Å². The lowest BCUT2D eigenvalue weighted by Crippen LogP contribution is -2.28. The molecular formula is C25H18F3N5O. The molecule has 1 aromatic carbocycles. The van der Waals surface area contributed by atoms with Crippen LogP contribution < -0.4 is 5.32 Å². The summed E-state index contributed by atoms with van der Waals surface area (Å²) >= 11 is 0. The number of aromatic nitrogens is 4. The third-order valence-corrected chi connectivity index (χ3v) is 5.66. The van der Waals surface area contributed by atoms with E-state index in [1.807, 2.05) is 12.1 Å². The Morgan fingerprint density at radius 1 is 0.971 bits per heavy atom. The fourth-order valence-corrected chi connectivity index (χ4v) is 3.96. The third-order valence-electron chi connectivity index (χ3n) is 5.66. The smallest absolute Gasteiger partial charge is 0.344 e. The van der Waals surface area contributed by atoms with E-state index >= 15 is 0 Å². The minimum Gasteiger partial charge on any atom is -0.344 e. The first-order valence-electron chi connectivity index (χ1n) is 10.6. The van der Waals surface area contributed by atoms with Crippen molar-refractivity contribution in [2.45, 2.75) is 25.1 Å². The maximum absolute atomic E-state index is 13.2. The number of benzene rings is 1. The van der Waals surface area contributed by atoms with Gasteiger partial charge in [0.25, 0.3) is 5.91 Å². The molecule has 3 aromatic heterocycles. The average molecular weight is 461 g/mol. The Labute approximate surface area is 193 Å². The van der Waals surface area contributed by atoms with Gasteiger partial charge in [-0.05, 0) is 54.8 Å². The van der Waals surface area contributed by atoms with E-state index in [9.17, 15) is 18.0 Å². The summed E-state index contributed by atoms with van der Waals surface area (Å²) in [6, 6.07) is 13.2. The first-order valence-corrected chi connectivity index (χ1v) is 10.6. The summed E-state index contributed by atoms with van der Waals surface area (Å²) in [5.41, 5.74) is 2.63. The van der Waals surface area contributed by atoms with Gasteiger partial charge in [0.1, 0.15) is 5.69 Å². The summed E-state index contributed by atoms with van der Waals surface area (Å²) in [5, 5.41) is 3.00. The molecular weight excluding hydrogens is 443 g/mol. The number of fused-ring (bicyclic) bond motifs is 1. The monoisotopic (exact) mass is 461 g/mol. The van der Waals surface area contributed by atoms with E-state index in [0.717, 1.165) is 36.2 Å². The summed E-state index contributed by atoms with van der Waals surface area (Å²) in [6.07, 6.45) is 1.94. The highest BCUT2D eigenvalue weighted by Crippen LogP contribution is 2.32. The predicted octanol–water partition coefficient (Wildman–Crippen LogP) is 5.04. The molecule has 0 saturated heterocycles. The molecule has 0 spiro atoms. The van der Waals surface area contributed by atoms with Crippen LogP contribution in [0.3, 0.4) is 0 Å². The fraction of sp³-hybridized carbons (Fsp3) is 0.160. The number of nitrogens with zero attached hydrogens (tertiary/aromatic N) is 4. The Bertz CT molecular complexity index is 1340. The molecule has 0 fully saturated rings. The van der Waals surface area contributed by atoms with E-state index in [2.05, 4.69) is 25.3 Å². The van der Waals surface area contributed by atoms with Crippen molar-refractivity contribution in [3.63, 3.8) is 0 Å². The van der Waals surface area contributed by atoms with Crippen LogP contribution in [0.1, 0.15) is 39.8 Å². The highest BCUT2D eigenvalue weighted by Gasteiger charge is 2.30. The van der Waals surface area contributed by atoms with Gasteiger partial charge in [0.05, 0.1) is 17.3 Å². The molecule has 1 N–H and O–H groups in total. The Kier molecular flexibility index (Phi) is 5.53. The molecule has 1 atom stereocenters. The summed E-state index contributed by atoms with van der Waals surface area (Å²) < 4.78 is 39.0. The summed E-state index contributed by atoms with van der Waals surface area (Å²) in [4.78, 5) is 30.5. The van der Waals surface area contributed by atoms with Crippen molar-refractivity contribution in [3.8, 4) is 22.6 Å². The number of nitrogens with one attached hydrogen (secondary N) is 1. The molecule has 0 bridgehead atoms. The minimum absolute atomic E-state index is 0.112. The van der Waals surface area contributed by atoms with Crippen molar-refractivity contribution in [1.29, 1.82) is 0 Å². The summed E-state index contributed by atoms with van der Waals surface area (Å²) in [5.74, 6) is -0.147. The largest absolute Gasteiger partial charge is 0.416 e. The van der Waals surface area contributed by atoms with E-state index in [0.29, 0.717) is 16.8 Å². The highest BCUT2D eigenvalue weighted by molar-refractivity contribution is 5.94. The number of halogens is 3. The molecule has 3 heterocycles. The van der Waals surface area contributed by atoms with Crippen molar-refractivity contribution in [2.24, 2.45) is 0 Å². The lowest BCUT2D eigenvalue weighted by atomic mass is 10.1. The molecule has 4 aromatic rings. The number of amides is 1. The Hall–Kier alpha value is -4.14. The zero-order chi connectivity index (χ0) is 23.7. The van der Waals surface area contributed by atoms with E-state index < -0.39 is 17.6 Å². The number of hydrogen-bond donors (Lipinski definition) is 1. The van der Waals surface area contributed by atoms with Gasteiger partial charge in [-0.25, -0.2) is 9.97 Å². The number of alkyl halides is 3. The van der Waals surface area contributed by atoms with E-state index in [1.165, 1.54) is 18.2 Å². The lowest BCUT2D eigenvalue weighted by molar-refractivity contribution is -0.137. The standard InChI is InChI=1S/C25H18F3N5O/c26-25(27,28)17-7-5-15(6-8-17)21-13-22(32-23(31-21)16-3-1-11-29-14-16)24(34)33-20-10-9-19-18(20)4-2-12-30-19/h1-8,11-14,20H,9-10H2,(H,33,34). The van der Waals surface area contributed by atoms with Gasteiger partial charge < -0.3 is 5.32 Å². The normalized spacial score (nSPS) is 15.1. The number of pyridine rings is 2. The molecule has 1 amide bonds. The number of rotatable bonds is 4. The second-order valence-corrected chi connectivity index (χ2v) is 7.88. The number of carbonyl (C=O) groups excluding carboxylic acids is 1. The molecule has 0 aliphatic heterocycles. The quantitative estimate of drug-likeness (QED) is 0.461. The van der Waals surface area contributed by atoms with Gasteiger partial charge in [0, 0.05) is 35.4 Å². The zero-order valence-electron chi connectivity index (χ0n) is 17.8. The summed E-state index contributed by atoms with van der Waals surface area (Å²) in [6.45, 7) is 0. The third kappa shape index (κ3) is 4.36. The summed E-state index contributed by atoms with van der Waals surface area (Å²) in [7, 11) is 0. The first kappa shape index (κ1) is 21.7.